The van der Waals surface area contributed by atoms with Crippen LogP contribution in [0.15, 0.2) is 48.7 Å². The van der Waals surface area contributed by atoms with E-state index in [1.807, 2.05) is 48.5 Å². The molecule has 2 aromatic heterocycles. The number of anilines is 4. The molecular formula is C25H22N7O3-. The molecule has 5 rings (SSSR count). The number of benzene rings is 2. The zero-order chi connectivity index (χ0) is 24.4. The van der Waals surface area contributed by atoms with Gasteiger partial charge in [-0.3, -0.25) is 0 Å². The fourth-order valence-corrected chi connectivity index (χ4v) is 3.98. The lowest BCUT2D eigenvalue weighted by atomic mass is 10.1. The highest BCUT2D eigenvalue weighted by Gasteiger charge is 2.20. The zero-order valence-electron chi connectivity index (χ0n) is 18.7. The number of nitrogen functional groups attached to an aromatic ring is 2. The molecule has 4 N–H and O–H groups in total. The summed E-state index contributed by atoms with van der Waals surface area (Å²) < 4.78 is 5.76. The van der Waals surface area contributed by atoms with Gasteiger partial charge in [0.25, 0.3) is 0 Å². The number of carboxylic acids is 1. The van der Waals surface area contributed by atoms with Crippen LogP contribution in [-0.2, 0) is 11.3 Å². The molecule has 0 spiro atoms. The van der Waals surface area contributed by atoms with E-state index in [0.29, 0.717) is 42.2 Å². The van der Waals surface area contributed by atoms with E-state index in [1.165, 1.54) is 0 Å². The van der Waals surface area contributed by atoms with Gasteiger partial charge >= 0.3 is 0 Å². The summed E-state index contributed by atoms with van der Waals surface area (Å²) in [6.45, 7) is 0.714. The maximum Gasteiger partial charge on any atom is 0.224 e. The summed E-state index contributed by atoms with van der Waals surface area (Å²) in [4.78, 5) is 29.9. The number of carbonyl (C=O) groups excluding carboxylic acids is 1. The first-order valence-corrected chi connectivity index (χ1v) is 11.0. The lowest BCUT2D eigenvalue weighted by Crippen LogP contribution is -2.22. The van der Waals surface area contributed by atoms with E-state index in [4.69, 9.17) is 16.2 Å². The Bertz CT molecular complexity index is 1450. The Kier molecular flexibility index (Phi) is 5.84. The van der Waals surface area contributed by atoms with E-state index in [1.54, 1.807) is 6.20 Å². The second kappa shape index (κ2) is 9.26. The number of ether oxygens (including phenoxy) is 1. The molecule has 0 aliphatic carbocycles. The first-order chi connectivity index (χ1) is 17.0. The number of para-hydroxylation sites is 1. The molecule has 35 heavy (non-hydrogen) atoms. The number of aromatic nitrogens is 4. The van der Waals surface area contributed by atoms with Gasteiger partial charge in [0.05, 0.1) is 25.0 Å². The number of nitrogens with two attached hydrogens (primary N) is 2. The van der Waals surface area contributed by atoms with Crippen molar-refractivity contribution in [2.45, 2.75) is 19.4 Å². The standard InChI is InChI=1S/C25H23N7O3/c26-23-22-24(31-25(27)30-23)28-13-17(29-22)14-32-19-5-2-1-4-15(19)7-8-16-12-18(9-10-20(16)32)35-11-3-6-21(33)34/h1-2,4-5,7-10,12-13H,3,6,11,14H2,(H,33,34)(H4,26,27,28,30,31)/p-1. The summed E-state index contributed by atoms with van der Waals surface area (Å²) in [5, 5.41) is 10.6. The van der Waals surface area contributed by atoms with Crippen LogP contribution >= 0.6 is 0 Å². The Balaban J connectivity index is 1.49. The van der Waals surface area contributed by atoms with Crippen molar-refractivity contribution in [3.05, 3.63) is 65.5 Å². The van der Waals surface area contributed by atoms with Gasteiger partial charge in [-0.25, -0.2) is 9.97 Å². The highest BCUT2D eigenvalue weighted by Crippen LogP contribution is 2.38. The molecule has 10 nitrogen and oxygen atoms in total. The molecule has 0 bridgehead atoms. The van der Waals surface area contributed by atoms with Crippen molar-refractivity contribution in [3.8, 4) is 5.75 Å². The van der Waals surface area contributed by atoms with Crippen LogP contribution in [0.4, 0.5) is 23.1 Å². The Morgan fingerprint density at radius 1 is 1.00 bits per heavy atom. The number of hydrogen-bond donors (Lipinski definition) is 2. The second-order valence-electron chi connectivity index (χ2n) is 8.02. The minimum atomic E-state index is -1.08. The molecule has 2 aromatic carbocycles. The normalized spacial score (nSPS) is 12.2. The van der Waals surface area contributed by atoms with E-state index >= 15 is 0 Å². The van der Waals surface area contributed by atoms with Gasteiger partial charge in [0.15, 0.2) is 17.0 Å². The maximum atomic E-state index is 10.6. The summed E-state index contributed by atoms with van der Waals surface area (Å²) in [6, 6.07) is 13.8. The number of rotatable bonds is 7. The molecule has 0 amide bonds. The van der Waals surface area contributed by atoms with Crippen LogP contribution in [0, 0.1) is 0 Å². The molecule has 0 saturated carbocycles. The van der Waals surface area contributed by atoms with Gasteiger partial charge < -0.3 is 31.0 Å². The molecule has 0 unspecified atom stereocenters. The third kappa shape index (κ3) is 4.67. The predicted molar refractivity (Wildman–Crippen MR) is 131 cm³/mol. The predicted octanol–water partition coefficient (Wildman–Crippen LogP) is 2.32. The van der Waals surface area contributed by atoms with Crippen LogP contribution in [0.5, 0.6) is 5.75 Å². The van der Waals surface area contributed by atoms with E-state index in [2.05, 4.69) is 30.9 Å². The van der Waals surface area contributed by atoms with Crippen LogP contribution in [0.3, 0.4) is 0 Å². The molecule has 3 heterocycles. The van der Waals surface area contributed by atoms with Gasteiger partial charge in [0.2, 0.25) is 5.95 Å². The molecule has 10 heteroatoms. The summed E-state index contributed by atoms with van der Waals surface area (Å²) in [7, 11) is 0. The number of carbonyl (C=O) groups is 1. The fraction of sp³-hybridized carbons (Fsp3) is 0.160. The number of nitrogens with zero attached hydrogens (tertiary/aromatic N) is 5. The second-order valence-corrected chi connectivity index (χ2v) is 8.02. The van der Waals surface area contributed by atoms with E-state index < -0.39 is 5.97 Å². The van der Waals surface area contributed by atoms with Gasteiger partial charge in [-0.05, 0) is 42.7 Å². The van der Waals surface area contributed by atoms with E-state index in [0.717, 1.165) is 22.5 Å². The van der Waals surface area contributed by atoms with Crippen molar-refractivity contribution in [3.63, 3.8) is 0 Å². The van der Waals surface area contributed by atoms with Gasteiger partial charge in [0.1, 0.15) is 5.75 Å². The average Bonchev–Trinajstić information content (AvgIpc) is 2.99. The van der Waals surface area contributed by atoms with Crippen LogP contribution in [-0.4, -0.2) is 32.5 Å². The van der Waals surface area contributed by atoms with Gasteiger partial charge in [-0.1, -0.05) is 30.4 Å². The van der Waals surface area contributed by atoms with Crippen LogP contribution in [0.2, 0.25) is 0 Å². The van der Waals surface area contributed by atoms with Crippen LogP contribution in [0.25, 0.3) is 23.3 Å². The molecule has 0 saturated heterocycles. The summed E-state index contributed by atoms with van der Waals surface area (Å²) in [6.07, 6.45) is 6.08. The Hall–Kier alpha value is -4.73. The molecule has 4 aromatic rings. The van der Waals surface area contributed by atoms with Crippen molar-refractivity contribution >= 4 is 52.4 Å². The van der Waals surface area contributed by atoms with Crippen molar-refractivity contribution in [2.24, 2.45) is 0 Å². The Morgan fingerprint density at radius 3 is 2.66 bits per heavy atom. The van der Waals surface area contributed by atoms with Crippen LogP contribution in [0.1, 0.15) is 29.7 Å². The summed E-state index contributed by atoms with van der Waals surface area (Å²) >= 11 is 0. The zero-order valence-corrected chi connectivity index (χ0v) is 18.7. The summed E-state index contributed by atoms with van der Waals surface area (Å²) in [5.74, 6) is -0.192. The molecule has 1 aliphatic rings. The van der Waals surface area contributed by atoms with Crippen molar-refractivity contribution in [2.75, 3.05) is 23.0 Å². The van der Waals surface area contributed by atoms with Crippen molar-refractivity contribution < 1.29 is 14.6 Å². The first kappa shape index (κ1) is 22.1. The van der Waals surface area contributed by atoms with E-state index in [-0.39, 0.29) is 18.2 Å². The first-order valence-electron chi connectivity index (χ1n) is 11.0. The van der Waals surface area contributed by atoms with E-state index in [9.17, 15) is 9.90 Å². The third-order valence-electron chi connectivity index (χ3n) is 5.58. The molecule has 0 fully saturated rings. The minimum Gasteiger partial charge on any atom is -0.550 e. The highest BCUT2D eigenvalue weighted by molar-refractivity contribution is 5.89. The van der Waals surface area contributed by atoms with Gasteiger partial charge in [-0.15, -0.1) is 0 Å². The molecule has 0 radical (unpaired) electrons. The molecule has 176 valence electrons. The lowest BCUT2D eigenvalue weighted by molar-refractivity contribution is -0.305. The highest BCUT2D eigenvalue weighted by atomic mass is 16.5. The Morgan fingerprint density at radius 2 is 1.80 bits per heavy atom. The largest absolute Gasteiger partial charge is 0.550 e. The van der Waals surface area contributed by atoms with Gasteiger partial charge in [0, 0.05) is 22.9 Å². The van der Waals surface area contributed by atoms with Crippen molar-refractivity contribution in [1.82, 2.24) is 19.9 Å². The quantitative estimate of drug-likeness (QED) is 0.386. The minimum absolute atomic E-state index is 0.0388. The Labute approximate surface area is 200 Å². The number of aliphatic carboxylic acids is 1. The number of fused-ring (bicyclic) bond motifs is 3. The fourth-order valence-electron chi connectivity index (χ4n) is 3.98. The maximum absolute atomic E-state index is 10.6. The van der Waals surface area contributed by atoms with Crippen molar-refractivity contribution in [1.29, 1.82) is 0 Å². The monoisotopic (exact) mass is 468 g/mol. The smallest absolute Gasteiger partial charge is 0.224 e. The summed E-state index contributed by atoms with van der Waals surface area (Å²) in [5.41, 5.74) is 17.1. The average molecular weight is 468 g/mol. The van der Waals surface area contributed by atoms with Gasteiger partial charge in [-0.2, -0.15) is 9.97 Å². The number of carboxylic acid groups (broad SMARTS) is 1. The molecular weight excluding hydrogens is 446 g/mol. The number of hydrogen-bond acceptors (Lipinski definition) is 10. The molecule has 1 aliphatic heterocycles. The molecule has 0 atom stereocenters. The van der Waals surface area contributed by atoms with Crippen LogP contribution < -0.4 is 26.2 Å². The SMILES string of the molecule is Nc1nc(N)c2nc(CN3c4ccccc4C=Cc4cc(OCCCC(=O)[O-])ccc43)cnc2n1. The lowest BCUT2D eigenvalue weighted by Gasteiger charge is -2.27. The third-order valence-corrected chi connectivity index (χ3v) is 5.58. The topological polar surface area (TPSA) is 156 Å².